The zero-order valence-corrected chi connectivity index (χ0v) is 13.3. The molecule has 1 N–H and O–H groups in total. The van der Waals surface area contributed by atoms with Gasteiger partial charge in [-0.2, -0.15) is 0 Å². The molecule has 1 saturated heterocycles. The van der Waals surface area contributed by atoms with Crippen LogP contribution in [0.5, 0.6) is 11.5 Å². The molecule has 21 heavy (non-hydrogen) atoms. The van der Waals surface area contributed by atoms with E-state index in [2.05, 4.69) is 10.2 Å². The van der Waals surface area contributed by atoms with Gasteiger partial charge in [0.2, 0.25) is 0 Å². The Balaban J connectivity index is 2.36. The van der Waals surface area contributed by atoms with Crippen LogP contribution in [0.2, 0.25) is 0 Å². The van der Waals surface area contributed by atoms with Gasteiger partial charge in [0, 0.05) is 32.7 Å². The van der Waals surface area contributed by atoms with Crippen molar-refractivity contribution in [2.24, 2.45) is 0 Å². The average Bonchev–Trinajstić information content (AvgIpc) is 2.46. The number of hydrogen-bond acceptors (Lipinski definition) is 4. The summed E-state index contributed by atoms with van der Waals surface area (Å²) in [6.07, 6.45) is 0. The summed E-state index contributed by atoms with van der Waals surface area (Å²) < 4.78 is 25.2. The number of halogens is 1. The predicted molar refractivity (Wildman–Crippen MR) is 81.8 cm³/mol. The molecule has 1 fully saturated rings. The van der Waals surface area contributed by atoms with Crippen molar-refractivity contribution < 1.29 is 13.9 Å². The van der Waals surface area contributed by atoms with Gasteiger partial charge in [0.05, 0.1) is 14.2 Å². The fourth-order valence-electron chi connectivity index (χ4n) is 2.72. The van der Waals surface area contributed by atoms with Crippen LogP contribution in [0.1, 0.15) is 25.0 Å². The number of rotatable bonds is 5. The predicted octanol–water partition coefficient (Wildman–Crippen LogP) is 2.31. The van der Waals surface area contributed by atoms with Crippen molar-refractivity contribution in [2.75, 3.05) is 40.4 Å². The highest BCUT2D eigenvalue weighted by molar-refractivity contribution is 5.49. The van der Waals surface area contributed by atoms with Crippen LogP contribution in [0.25, 0.3) is 0 Å². The van der Waals surface area contributed by atoms with E-state index in [1.54, 1.807) is 34.1 Å². The first kappa shape index (κ1) is 16.0. The van der Waals surface area contributed by atoms with Crippen molar-refractivity contribution in [3.63, 3.8) is 0 Å². The number of ether oxygens (including phenoxy) is 2. The van der Waals surface area contributed by atoms with E-state index < -0.39 is 5.67 Å². The number of hydrogen-bond donors (Lipinski definition) is 1. The summed E-state index contributed by atoms with van der Waals surface area (Å²) in [5.41, 5.74) is 0.212. The lowest BCUT2D eigenvalue weighted by Crippen LogP contribution is -2.43. The molecule has 0 saturated carbocycles. The Kier molecular flexibility index (Phi) is 5.06. The van der Waals surface area contributed by atoms with Gasteiger partial charge in [0.15, 0.2) is 11.5 Å². The Hall–Kier alpha value is -1.33. The molecule has 0 aliphatic carbocycles. The number of nitrogens with one attached hydrogen (secondary N) is 1. The van der Waals surface area contributed by atoms with E-state index in [0.717, 1.165) is 38.3 Å². The van der Waals surface area contributed by atoms with Crippen molar-refractivity contribution in [1.82, 2.24) is 10.2 Å². The van der Waals surface area contributed by atoms with Crippen LogP contribution in [-0.4, -0.2) is 45.3 Å². The van der Waals surface area contributed by atoms with Gasteiger partial charge in [-0.25, -0.2) is 4.39 Å². The summed E-state index contributed by atoms with van der Waals surface area (Å²) in [5.74, 6) is 1.22. The van der Waals surface area contributed by atoms with Crippen LogP contribution < -0.4 is 14.8 Å². The Bertz CT molecular complexity index is 480. The quantitative estimate of drug-likeness (QED) is 0.904. The van der Waals surface area contributed by atoms with Crippen LogP contribution in [0.3, 0.4) is 0 Å². The van der Waals surface area contributed by atoms with Gasteiger partial charge < -0.3 is 14.8 Å². The molecular formula is C16H25FN2O2. The standard InChI is InChI=1S/C16H25FN2O2/c1-16(2,17)13-10-15(21-4)14(20-3)9-12(13)11-19-7-5-18-6-8-19/h9-10,18H,5-8,11H2,1-4H3. The molecule has 4 nitrogen and oxygen atoms in total. The monoisotopic (exact) mass is 296 g/mol. The SMILES string of the molecule is COc1cc(CN2CCNCC2)c(C(C)(C)F)cc1OC. The number of alkyl halides is 1. The largest absolute Gasteiger partial charge is 0.493 e. The van der Waals surface area contributed by atoms with Gasteiger partial charge in [-0.1, -0.05) is 0 Å². The molecule has 1 aromatic rings. The fraction of sp³-hybridized carbons (Fsp3) is 0.625. The summed E-state index contributed by atoms with van der Waals surface area (Å²) in [5, 5.41) is 3.33. The molecule has 0 spiro atoms. The van der Waals surface area contributed by atoms with E-state index in [-0.39, 0.29) is 0 Å². The molecule has 5 heteroatoms. The molecule has 1 aliphatic rings. The molecule has 118 valence electrons. The van der Waals surface area contributed by atoms with E-state index >= 15 is 0 Å². The number of piperazine rings is 1. The Morgan fingerprint density at radius 2 is 1.71 bits per heavy atom. The lowest BCUT2D eigenvalue weighted by Gasteiger charge is -2.30. The van der Waals surface area contributed by atoms with E-state index in [1.807, 2.05) is 6.07 Å². The van der Waals surface area contributed by atoms with E-state index in [1.165, 1.54) is 0 Å². The van der Waals surface area contributed by atoms with Crippen molar-refractivity contribution in [3.05, 3.63) is 23.3 Å². The molecular weight excluding hydrogens is 271 g/mol. The molecule has 0 aromatic heterocycles. The van der Waals surface area contributed by atoms with Crippen LogP contribution in [0.15, 0.2) is 12.1 Å². The smallest absolute Gasteiger partial charge is 0.161 e. The number of methoxy groups -OCH3 is 2. The topological polar surface area (TPSA) is 33.7 Å². The first-order chi connectivity index (χ1) is 9.95. The highest BCUT2D eigenvalue weighted by Gasteiger charge is 2.26. The molecule has 2 rings (SSSR count). The van der Waals surface area contributed by atoms with Crippen molar-refractivity contribution in [1.29, 1.82) is 0 Å². The molecule has 0 atom stereocenters. The third kappa shape index (κ3) is 3.86. The fourth-order valence-corrected chi connectivity index (χ4v) is 2.72. The summed E-state index contributed by atoms with van der Waals surface area (Å²) in [6, 6.07) is 3.66. The first-order valence-corrected chi connectivity index (χ1v) is 7.33. The summed E-state index contributed by atoms with van der Waals surface area (Å²) in [7, 11) is 3.18. The molecule has 0 unspecified atom stereocenters. The second-order valence-electron chi connectivity index (χ2n) is 5.86. The first-order valence-electron chi connectivity index (χ1n) is 7.33. The Labute approximate surface area is 126 Å². The van der Waals surface area contributed by atoms with Gasteiger partial charge >= 0.3 is 0 Å². The highest BCUT2D eigenvalue weighted by atomic mass is 19.1. The minimum absolute atomic E-state index is 0.572. The van der Waals surface area contributed by atoms with Crippen LogP contribution in [0, 0.1) is 0 Å². The lowest BCUT2D eigenvalue weighted by molar-refractivity contribution is 0.205. The van der Waals surface area contributed by atoms with Crippen molar-refractivity contribution >= 4 is 0 Å². The number of benzene rings is 1. The zero-order valence-electron chi connectivity index (χ0n) is 13.3. The molecule has 0 amide bonds. The minimum atomic E-state index is -1.41. The molecule has 1 aromatic carbocycles. The van der Waals surface area contributed by atoms with Crippen LogP contribution in [0.4, 0.5) is 4.39 Å². The Morgan fingerprint density at radius 1 is 1.14 bits per heavy atom. The summed E-state index contributed by atoms with van der Waals surface area (Å²) in [4.78, 5) is 2.33. The zero-order chi connectivity index (χ0) is 15.5. The maximum atomic E-state index is 14.6. The van der Waals surface area contributed by atoms with Gasteiger partial charge in [-0.3, -0.25) is 4.90 Å². The van der Waals surface area contributed by atoms with Crippen LogP contribution in [-0.2, 0) is 12.2 Å². The Morgan fingerprint density at radius 3 is 2.24 bits per heavy atom. The van der Waals surface area contributed by atoms with Gasteiger partial charge in [0.25, 0.3) is 0 Å². The maximum Gasteiger partial charge on any atom is 0.161 e. The van der Waals surface area contributed by atoms with Crippen LogP contribution >= 0.6 is 0 Å². The maximum absolute atomic E-state index is 14.6. The molecule has 0 radical (unpaired) electrons. The molecule has 1 heterocycles. The summed E-state index contributed by atoms with van der Waals surface area (Å²) >= 11 is 0. The summed E-state index contributed by atoms with van der Waals surface area (Å²) in [6.45, 7) is 7.78. The minimum Gasteiger partial charge on any atom is -0.493 e. The van der Waals surface area contributed by atoms with Gasteiger partial charge in [-0.15, -0.1) is 0 Å². The molecule has 0 bridgehead atoms. The average molecular weight is 296 g/mol. The van der Waals surface area contributed by atoms with E-state index in [4.69, 9.17) is 9.47 Å². The van der Waals surface area contributed by atoms with Crippen molar-refractivity contribution in [3.8, 4) is 11.5 Å². The second kappa shape index (κ2) is 6.62. The van der Waals surface area contributed by atoms with Gasteiger partial charge in [-0.05, 0) is 37.1 Å². The van der Waals surface area contributed by atoms with Gasteiger partial charge in [0.1, 0.15) is 5.67 Å². The highest BCUT2D eigenvalue weighted by Crippen LogP contribution is 2.37. The number of nitrogens with zero attached hydrogens (tertiary/aromatic N) is 1. The van der Waals surface area contributed by atoms with E-state index in [0.29, 0.717) is 17.1 Å². The lowest BCUT2D eigenvalue weighted by atomic mass is 9.93. The third-order valence-corrected chi connectivity index (χ3v) is 3.85. The molecule has 1 aliphatic heterocycles. The second-order valence-corrected chi connectivity index (χ2v) is 5.86. The van der Waals surface area contributed by atoms with E-state index in [9.17, 15) is 4.39 Å². The normalized spacial score (nSPS) is 16.8. The van der Waals surface area contributed by atoms with Crippen molar-refractivity contribution in [2.45, 2.75) is 26.1 Å². The third-order valence-electron chi connectivity index (χ3n) is 3.85.